The van der Waals surface area contributed by atoms with Crippen LogP contribution in [-0.2, 0) is 6.54 Å². The predicted molar refractivity (Wildman–Crippen MR) is 88.5 cm³/mol. The molecule has 0 heterocycles. The van der Waals surface area contributed by atoms with Crippen molar-refractivity contribution >= 4 is 17.4 Å². The van der Waals surface area contributed by atoms with E-state index in [0.29, 0.717) is 17.2 Å². The van der Waals surface area contributed by atoms with Crippen LogP contribution in [0.3, 0.4) is 0 Å². The first-order valence-corrected chi connectivity index (χ1v) is 7.03. The molecule has 0 unspecified atom stereocenters. The van der Waals surface area contributed by atoms with E-state index in [0.717, 1.165) is 5.56 Å². The minimum Gasteiger partial charge on any atom is -0.493 e. The van der Waals surface area contributed by atoms with Crippen LogP contribution in [0, 0.1) is 10.1 Å². The Bertz CT molecular complexity index is 748. The molecule has 0 aromatic heterocycles. The quantitative estimate of drug-likeness (QED) is 0.626. The molecule has 0 aliphatic heterocycles. The molecule has 0 spiro atoms. The highest BCUT2D eigenvalue weighted by Crippen LogP contribution is 2.27. The molecule has 0 aliphatic rings. The molecule has 2 N–H and O–H groups in total. The Hall–Kier alpha value is -3.29. The molecular formula is C16H17N3O5. The number of carbonyl (C=O) groups is 1. The van der Waals surface area contributed by atoms with Gasteiger partial charge in [0.05, 0.1) is 19.1 Å². The second-order valence-electron chi connectivity index (χ2n) is 4.80. The van der Waals surface area contributed by atoms with Gasteiger partial charge in [0.1, 0.15) is 0 Å². The zero-order valence-electron chi connectivity index (χ0n) is 13.2. The average Bonchev–Trinajstić information content (AvgIpc) is 2.59. The first-order chi connectivity index (χ1) is 11.5. The van der Waals surface area contributed by atoms with Gasteiger partial charge >= 0.3 is 6.03 Å². The summed E-state index contributed by atoms with van der Waals surface area (Å²) in [5, 5.41) is 15.9. The van der Waals surface area contributed by atoms with Crippen LogP contribution in [0.25, 0.3) is 0 Å². The third-order valence-corrected chi connectivity index (χ3v) is 3.22. The molecule has 24 heavy (non-hydrogen) atoms. The number of anilines is 1. The summed E-state index contributed by atoms with van der Waals surface area (Å²) in [6.07, 6.45) is 0. The highest BCUT2D eigenvalue weighted by molar-refractivity contribution is 5.89. The lowest BCUT2D eigenvalue weighted by Crippen LogP contribution is -2.28. The maximum Gasteiger partial charge on any atom is 0.319 e. The number of hydrogen-bond acceptors (Lipinski definition) is 5. The molecule has 2 aromatic carbocycles. The lowest BCUT2D eigenvalue weighted by atomic mass is 10.2. The summed E-state index contributed by atoms with van der Waals surface area (Å²) < 4.78 is 10.3. The second kappa shape index (κ2) is 7.82. The third-order valence-electron chi connectivity index (χ3n) is 3.22. The van der Waals surface area contributed by atoms with Crippen LogP contribution in [0.4, 0.5) is 16.2 Å². The Morgan fingerprint density at radius 2 is 1.88 bits per heavy atom. The Kier molecular flexibility index (Phi) is 5.56. The molecule has 126 valence electrons. The number of ether oxygens (including phenoxy) is 2. The molecule has 2 aromatic rings. The van der Waals surface area contributed by atoms with E-state index in [9.17, 15) is 14.9 Å². The van der Waals surface area contributed by atoms with Crippen LogP contribution in [0.15, 0.2) is 42.5 Å². The fraction of sp³-hybridized carbons (Fsp3) is 0.188. The number of nitrogens with zero attached hydrogens (tertiary/aromatic N) is 1. The van der Waals surface area contributed by atoms with Crippen LogP contribution < -0.4 is 20.1 Å². The monoisotopic (exact) mass is 331 g/mol. The van der Waals surface area contributed by atoms with Gasteiger partial charge in [-0.25, -0.2) is 4.79 Å². The molecule has 0 atom stereocenters. The van der Waals surface area contributed by atoms with Crippen molar-refractivity contribution in [1.29, 1.82) is 0 Å². The minimum atomic E-state index is -0.521. The van der Waals surface area contributed by atoms with Gasteiger partial charge in [0.2, 0.25) is 0 Å². The molecule has 8 heteroatoms. The topological polar surface area (TPSA) is 103 Å². The summed E-state index contributed by atoms with van der Waals surface area (Å²) >= 11 is 0. The van der Waals surface area contributed by atoms with Crippen molar-refractivity contribution in [2.75, 3.05) is 19.5 Å². The van der Waals surface area contributed by atoms with E-state index >= 15 is 0 Å². The highest BCUT2D eigenvalue weighted by Gasteiger charge is 2.09. The van der Waals surface area contributed by atoms with E-state index in [-0.39, 0.29) is 12.2 Å². The Labute approximate surface area is 138 Å². The number of rotatable bonds is 6. The number of nitrogens with one attached hydrogen (secondary N) is 2. The lowest BCUT2D eigenvalue weighted by molar-refractivity contribution is -0.384. The van der Waals surface area contributed by atoms with Gasteiger partial charge in [-0.1, -0.05) is 12.1 Å². The van der Waals surface area contributed by atoms with Crippen molar-refractivity contribution < 1.29 is 19.2 Å². The van der Waals surface area contributed by atoms with Crippen LogP contribution in [0.1, 0.15) is 5.56 Å². The van der Waals surface area contributed by atoms with Crippen molar-refractivity contribution in [1.82, 2.24) is 5.32 Å². The van der Waals surface area contributed by atoms with Crippen LogP contribution in [-0.4, -0.2) is 25.2 Å². The summed E-state index contributed by atoms with van der Waals surface area (Å²) in [5.74, 6) is 1.16. The van der Waals surface area contributed by atoms with E-state index in [1.165, 1.54) is 25.3 Å². The van der Waals surface area contributed by atoms with Gasteiger partial charge < -0.3 is 20.1 Å². The average molecular weight is 331 g/mol. The number of nitro benzene ring substituents is 1. The summed E-state index contributed by atoms with van der Waals surface area (Å²) in [6.45, 7) is 0.265. The van der Waals surface area contributed by atoms with Crippen LogP contribution in [0.5, 0.6) is 11.5 Å². The van der Waals surface area contributed by atoms with E-state index < -0.39 is 11.0 Å². The molecule has 0 saturated carbocycles. The van der Waals surface area contributed by atoms with Crippen molar-refractivity contribution in [2.24, 2.45) is 0 Å². The van der Waals surface area contributed by atoms with Crippen LogP contribution in [0.2, 0.25) is 0 Å². The zero-order valence-corrected chi connectivity index (χ0v) is 13.2. The molecule has 2 rings (SSSR count). The Morgan fingerprint density at radius 1 is 1.12 bits per heavy atom. The summed E-state index contributed by atoms with van der Waals surface area (Å²) in [6, 6.07) is 10.6. The number of carbonyl (C=O) groups excluding carboxylic acids is 1. The maximum atomic E-state index is 11.9. The van der Waals surface area contributed by atoms with Crippen molar-refractivity contribution in [2.45, 2.75) is 6.54 Å². The Morgan fingerprint density at radius 3 is 2.54 bits per heavy atom. The van der Waals surface area contributed by atoms with E-state index in [1.807, 2.05) is 0 Å². The van der Waals surface area contributed by atoms with Gasteiger partial charge in [0, 0.05) is 24.4 Å². The molecule has 0 radical (unpaired) electrons. The molecule has 2 amide bonds. The van der Waals surface area contributed by atoms with Gasteiger partial charge in [-0.05, 0) is 23.8 Å². The summed E-state index contributed by atoms with van der Waals surface area (Å²) in [4.78, 5) is 22.1. The van der Waals surface area contributed by atoms with Crippen molar-refractivity contribution in [3.05, 3.63) is 58.1 Å². The molecule has 0 fully saturated rings. The molecule has 0 saturated heterocycles. The van der Waals surface area contributed by atoms with Gasteiger partial charge in [-0.2, -0.15) is 0 Å². The van der Waals surface area contributed by atoms with Crippen molar-refractivity contribution in [3.8, 4) is 11.5 Å². The fourth-order valence-corrected chi connectivity index (χ4v) is 2.05. The predicted octanol–water partition coefficient (Wildman–Crippen LogP) is 2.93. The minimum absolute atomic E-state index is 0.0901. The number of hydrogen-bond donors (Lipinski definition) is 2. The highest BCUT2D eigenvalue weighted by atomic mass is 16.6. The number of methoxy groups -OCH3 is 2. The van der Waals surface area contributed by atoms with Crippen molar-refractivity contribution in [3.63, 3.8) is 0 Å². The number of amides is 2. The number of nitro groups is 1. The van der Waals surface area contributed by atoms with Gasteiger partial charge in [0.25, 0.3) is 5.69 Å². The second-order valence-corrected chi connectivity index (χ2v) is 4.80. The normalized spacial score (nSPS) is 9.92. The first kappa shape index (κ1) is 17.1. The summed E-state index contributed by atoms with van der Waals surface area (Å²) in [5.41, 5.74) is 1.07. The van der Waals surface area contributed by atoms with Gasteiger partial charge in [-0.15, -0.1) is 0 Å². The standard InChI is InChI=1S/C16H17N3O5/c1-23-14-7-6-11(8-15(14)24-2)10-17-16(20)18-12-4-3-5-13(9-12)19(21)22/h3-9H,10H2,1-2H3,(H2,17,18,20). The number of urea groups is 1. The Balaban J connectivity index is 1.96. The summed E-state index contributed by atoms with van der Waals surface area (Å²) in [7, 11) is 3.08. The molecule has 0 aliphatic carbocycles. The van der Waals surface area contributed by atoms with E-state index in [1.54, 1.807) is 31.4 Å². The fourth-order valence-electron chi connectivity index (χ4n) is 2.05. The van der Waals surface area contributed by atoms with E-state index in [2.05, 4.69) is 10.6 Å². The number of benzene rings is 2. The van der Waals surface area contributed by atoms with Crippen LogP contribution >= 0.6 is 0 Å². The van der Waals surface area contributed by atoms with Gasteiger partial charge in [-0.3, -0.25) is 10.1 Å². The van der Waals surface area contributed by atoms with Gasteiger partial charge in [0.15, 0.2) is 11.5 Å². The number of non-ortho nitro benzene ring substituents is 1. The third kappa shape index (κ3) is 4.35. The molecule has 8 nitrogen and oxygen atoms in total. The zero-order chi connectivity index (χ0) is 17.5. The maximum absolute atomic E-state index is 11.9. The van der Waals surface area contributed by atoms with E-state index in [4.69, 9.17) is 9.47 Å². The SMILES string of the molecule is COc1ccc(CNC(=O)Nc2cccc([N+](=O)[O-])c2)cc1OC. The largest absolute Gasteiger partial charge is 0.493 e. The first-order valence-electron chi connectivity index (χ1n) is 7.03. The molecular weight excluding hydrogens is 314 g/mol. The lowest BCUT2D eigenvalue weighted by Gasteiger charge is -2.11. The molecule has 0 bridgehead atoms. The smallest absolute Gasteiger partial charge is 0.319 e.